The van der Waals surface area contributed by atoms with Gasteiger partial charge in [-0.05, 0) is 30.5 Å². The Balaban J connectivity index is 1.84. The number of thioether (sulfide) groups is 1. The average molecular weight is 284 g/mol. The fraction of sp³-hybridized carbons (Fsp3) is 0.200. The first-order chi connectivity index (χ1) is 9.74. The third kappa shape index (κ3) is 2.77. The molecule has 0 bridgehead atoms. The normalized spacial score (nSPS) is 14.5. The van der Waals surface area contributed by atoms with E-state index in [2.05, 4.69) is 16.2 Å². The maximum atomic E-state index is 5.82. The highest BCUT2D eigenvalue weighted by atomic mass is 32.2. The molecule has 1 aromatic heterocycles. The first-order valence-electron chi connectivity index (χ1n) is 6.24. The zero-order chi connectivity index (χ0) is 13.9. The Hall–Kier alpha value is -2.01. The molecule has 0 atom stereocenters. The van der Waals surface area contributed by atoms with E-state index >= 15 is 0 Å². The van der Waals surface area contributed by atoms with Gasteiger partial charge in [0.2, 0.25) is 0 Å². The Kier molecular flexibility index (Phi) is 3.60. The number of ether oxygens (including phenoxy) is 1. The van der Waals surface area contributed by atoms with Crippen LogP contribution in [-0.4, -0.2) is 34.7 Å². The summed E-state index contributed by atoms with van der Waals surface area (Å²) >= 11 is 1.54. The molecule has 0 aliphatic carbocycles. The van der Waals surface area contributed by atoms with Crippen molar-refractivity contribution in [1.82, 2.24) is 14.9 Å². The highest BCUT2D eigenvalue weighted by Crippen LogP contribution is 2.23. The molecule has 1 radical (unpaired) electrons. The molecule has 0 fully saturated rings. The molecule has 1 aliphatic heterocycles. The van der Waals surface area contributed by atoms with Gasteiger partial charge in [-0.15, -0.1) is 0 Å². The summed E-state index contributed by atoms with van der Waals surface area (Å²) < 4.78 is 5.82. The van der Waals surface area contributed by atoms with Crippen LogP contribution < -0.4 is 4.74 Å². The van der Waals surface area contributed by atoms with Gasteiger partial charge < -0.3 is 9.64 Å². The molecule has 4 nitrogen and oxygen atoms in total. The summed E-state index contributed by atoms with van der Waals surface area (Å²) in [4.78, 5) is 10.7. The molecule has 0 amide bonds. The third-order valence-corrected chi connectivity index (χ3v) is 3.50. The summed E-state index contributed by atoms with van der Waals surface area (Å²) in [7, 11) is 1.97. The fourth-order valence-corrected chi connectivity index (χ4v) is 2.22. The van der Waals surface area contributed by atoms with E-state index in [4.69, 9.17) is 4.74 Å². The largest absolute Gasteiger partial charge is 0.458 e. The Morgan fingerprint density at radius 3 is 3.05 bits per heavy atom. The van der Waals surface area contributed by atoms with E-state index in [1.165, 1.54) is 11.8 Å². The third-order valence-electron chi connectivity index (χ3n) is 2.94. The number of nitrogens with zero attached hydrogens (tertiary/aromatic N) is 3. The SMILES string of the molecule is CSc1ncc2cc(OC3=CCN(C)[C]=C3)ccc2n1. The first-order valence-corrected chi connectivity index (χ1v) is 7.46. The van der Waals surface area contributed by atoms with Crippen molar-refractivity contribution >= 4 is 22.7 Å². The number of fused-ring (bicyclic) bond motifs is 1. The van der Waals surface area contributed by atoms with Crippen LogP contribution in [0, 0.1) is 6.20 Å². The van der Waals surface area contributed by atoms with Crippen molar-refractivity contribution in [3.05, 3.63) is 48.5 Å². The Labute approximate surface area is 122 Å². The van der Waals surface area contributed by atoms with Crippen molar-refractivity contribution in [2.75, 3.05) is 19.8 Å². The maximum Gasteiger partial charge on any atom is 0.187 e. The van der Waals surface area contributed by atoms with Crippen molar-refractivity contribution in [2.45, 2.75) is 5.16 Å². The number of hydrogen-bond acceptors (Lipinski definition) is 5. The lowest BCUT2D eigenvalue weighted by Gasteiger charge is -2.16. The predicted octanol–water partition coefficient (Wildman–Crippen LogP) is 2.88. The molecule has 0 unspecified atom stereocenters. The Morgan fingerprint density at radius 2 is 2.30 bits per heavy atom. The van der Waals surface area contributed by atoms with Crippen LogP contribution in [0.1, 0.15) is 0 Å². The van der Waals surface area contributed by atoms with Crippen LogP contribution in [-0.2, 0) is 0 Å². The van der Waals surface area contributed by atoms with Crippen LogP contribution in [0.3, 0.4) is 0 Å². The van der Waals surface area contributed by atoms with Crippen molar-refractivity contribution in [3.8, 4) is 5.75 Å². The number of benzene rings is 1. The molecular formula is C15H14N3OS. The Morgan fingerprint density at radius 1 is 1.40 bits per heavy atom. The molecular weight excluding hydrogens is 270 g/mol. The van der Waals surface area contributed by atoms with Crippen molar-refractivity contribution in [1.29, 1.82) is 0 Å². The van der Waals surface area contributed by atoms with Crippen molar-refractivity contribution in [3.63, 3.8) is 0 Å². The molecule has 5 heteroatoms. The molecule has 0 N–H and O–H groups in total. The number of allylic oxidation sites excluding steroid dienone is 1. The molecule has 2 aromatic rings. The van der Waals surface area contributed by atoms with Gasteiger partial charge >= 0.3 is 0 Å². The van der Waals surface area contributed by atoms with Gasteiger partial charge in [-0.2, -0.15) is 0 Å². The second-order valence-corrected chi connectivity index (χ2v) is 5.21. The molecule has 20 heavy (non-hydrogen) atoms. The van der Waals surface area contributed by atoms with Gasteiger partial charge in [0.05, 0.1) is 11.7 Å². The van der Waals surface area contributed by atoms with Gasteiger partial charge in [0.15, 0.2) is 5.16 Å². The van der Waals surface area contributed by atoms with Crippen molar-refractivity contribution in [2.24, 2.45) is 0 Å². The van der Waals surface area contributed by atoms with E-state index in [0.29, 0.717) is 0 Å². The number of rotatable bonds is 3. The molecule has 0 saturated carbocycles. The maximum absolute atomic E-state index is 5.82. The van der Waals surface area contributed by atoms with Gasteiger partial charge in [0.1, 0.15) is 11.5 Å². The lowest BCUT2D eigenvalue weighted by atomic mass is 10.2. The fourth-order valence-electron chi connectivity index (χ4n) is 1.88. The minimum absolute atomic E-state index is 0.779. The van der Waals surface area contributed by atoms with Gasteiger partial charge in [-0.1, -0.05) is 11.8 Å². The molecule has 0 spiro atoms. The Bertz CT molecular complexity index is 697. The standard InChI is InChI=1S/C15H14N3OS/c1-18-7-5-12(6-8-18)19-13-3-4-14-11(9-13)10-16-15(17-14)20-2/h3-6,9-10H,7H2,1-2H3. The highest BCUT2D eigenvalue weighted by Gasteiger charge is 2.05. The monoisotopic (exact) mass is 284 g/mol. The smallest absolute Gasteiger partial charge is 0.187 e. The van der Waals surface area contributed by atoms with E-state index in [1.54, 1.807) is 0 Å². The first kappa shape index (κ1) is 13.0. The molecule has 101 valence electrons. The highest BCUT2D eigenvalue weighted by molar-refractivity contribution is 7.98. The minimum atomic E-state index is 0.779. The summed E-state index contributed by atoms with van der Waals surface area (Å²) in [5, 5.41) is 1.75. The van der Waals surface area contributed by atoms with Gasteiger partial charge in [0.25, 0.3) is 0 Å². The van der Waals surface area contributed by atoms with E-state index in [1.807, 2.05) is 54.8 Å². The summed E-state index contributed by atoms with van der Waals surface area (Å²) in [5.74, 6) is 1.59. The van der Waals surface area contributed by atoms with Crippen LogP contribution in [0.5, 0.6) is 5.75 Å². The zero-order valence-electron chi connectivity index (χ0n) is 11.3. The summed E-state index contributed by atoms with van der Waals surface area (Å²) in [6, 6.07) is 5.83. The summed E-state index contributed by atoms with van der Waals surface area (Å²) in [5.41, 5.74) is 0.927. The molecule has 0 saturated heterocycles. The molecule has 1 aliphatic rings. The summed E-state index contributed by atoms with van der Waals surface area (Å²) in [6.07, 6.45) is 10.7. The molecule has 3 rings (SSSR count). The average Bonchev–Trinajstić information content (AvgIpc) is 2.49. The lowest BCUT2D eigenvalue weighted by molar-refractivity contribution is 0.408. The number of hydrogen-bond donors (Lipinski definition) is 0. The topological polar surface area (TPSA) is 38.2 Å². The van der Waals surface area contributed by atoms with E-state index in [9.17, 15) is 0 Å². The lowest BCUT2D eigenvalue weighted by Crippen LogP contribution is -2.15. The second kappa shape index (κ2) is 5.54. The molecule has 2 heterocycles. The number of likely N-dealkylation sites (N-methyl/N-ethyl adjacent to an activating group) is 1. The molecule has 1 aromatic carbocycles. The van der Waals surface area contributed by atoms with Crippen molar-refractivity contribution < 1.29 is 4.74 Å². The van der Waals surface area contributed by atoms with Gasteiger partial charge in [-0.25, -0.2) is 9.97 Å². The quantitative estimate of drug-likeness (QED) is 0.640. The predicted molar refractivity (Wildman–Crippen MR) is 80.5 cm³/mol. The van der Waals surface area contributed by atoms with E-state index < -0.39 is 0 Å². The minimum Gasteiger partial charge on any atom is -0.458 e. The second-order valence-electron chi connectivity index (χ2n) is 4.44. The van der Waals surface area contributed by atoms with Crippen LogP contribution in [0.2, 0.25) is 0 Å². The van der Waals surface area contributed by atoms with Gasteiger partial charge in [0, 0.05) is 31.3 Å². The van der Waals surface area contributed by atoms with Crippen LogP contribution in [0.15, 0.2) is 47.5 Å². The summed E-state index contributed by atoms with van der Waals surface area (Å²) in [6.45, 7) is 0.805. The van der Waals surface area contributed by atoms with Crippen LogP contribution in [0.4, 0.5) is 0 Å². The van der Waals surface area contributed by atoms with E-state index in [0.717, 1.165) is 34.1 Å². The zero-order valence-corrected chi connectivity index (χ0v) is 12.1. The van der Waals surface area contributed by atoms with Gasteiger partial charge in [-0.3, -0.25) is 0 Å². The van der Waals surface area contributed by atoms with E-state index in [-0.39, 0.29) is 0 Å². The van der Waals surface area contributed by atoms with Crippen LogP contribution >= 0.6 is 11.8 Å². The number of aromatic nitrogens is 2. The van der Waals surface area contributed by atoms with Crippen LogP contribution in [0.25, 0.3) is 10.9 Å².